The zero-order valence-electron chi connectivity index (χ0n) is 11.5. The van der Waals surface area contributed by atoms with Gasteiger partial charge in [0.25, 0.3) is 0 Å². The Morgan fingerprint density at radius 3 is 2.44 bits per heavy atom. The van der Waals surface area contributed by atoms with Crippen molar-refractivity contribution in [1.29, 1.82) is 0 Å². The molecule has 0 atom stereocenters. The Labute approximate surface area is 112 Å². The zero-order chi connectivity index (χ0) is 13.7. The average Bonchev–Trinajstić information content (AvgIpc) is 2.34. The van der Waals surface area contributed by atoms with Gasteiger partial charge >= 0.3 is 15.7 Å². The summed E-state index contributed by atoms with van der Waals surface area (Å²) >= 11 is 0. The lowest BCUT2D eigenvalue weighted by molar-refractivity contribution is -0.128. The second-order valence-corrected chi connectivity index (χ2v) is 5.79. The summed E-state index contributed by atoms with van der Waals surface area (Å²) < 4.78 is 5.17. The molecule has 0 unspecified atom stereocenters. The van der Waals surface area contributed by atoms with Crippen molar-refractivity contribution in [3.05, 3.63) is 42.0 Å². The van der Waals surface area contributed by atoms with Gasteiger partial charge in [-0.3, -0.25) is 0 Å². The maximum absolute atomic E-state index is 11.2. The molecule has 0 aliphatic heterocycles. The molecule has 0 spiro atoms. The van der Waals surface area contributed by atoms with Crippen molar-refractivity contribution in [2.45, 2.75) is 39.5 Å². The quantitative estimate of drug-likeness (QED) is 0.601. The lowest BCUT2D eigenvalue weighted by Gasteiger charge is -2.19. The summed E-state index contributed by atoms with van der Waals surface area (Å²) in [5.41, 5.74) is 2.65. The van der Waals surface area contributed by atoms with Gasteiger partial charge in [0.2, 0.25) is 0 Å². The third-order valence-corrected chi connectivity index (χ3v) is 3.73. The first kappa shape index (κ1) is 14.7. The van der Waals surface area contributed by atoms with E-state index in [-0.39, 0.29) is 15.7 Å². The van der Waals surface area contributed by atoms with Gasteiger partial charge in [-0.1, -0.05) is 52.5 Å². The summed E-state index contributed by atoms with van der Waals surface area (Å²) in [5.74, 6) is 0.536. The van der Waals surface area contributed by atoms with Crippen molar-refractivity contribution < 1.29 is 9.22 Å². The zero-order valence-corrected chi connectivity index (χ0v) is 12.5. The molecule has 0 aliphatic carbocycles. The fraction of sp³-hybridized carbons (Fsp3) is 0.400. The number of hydrogen-bond donors (Lipinski definition) is 0. The fourth-order valence-electron chi connectivity index (χ4n) is 1.97. The third-order valence-electron chi connectivity index (χ3n) is 2.77. The molecule has 0 aliphatic rings. The largest absolute Gasteiger partial charge is 0.508 e. The smallest absolute Gasteiger partial charge is 0.356 e. The fourth-order valence-corrected chi connectivity index (χ4v) is 2.97. The Kier molecular flexibility index (Phi) is 5.35. The minimum absolute atomic E-state index is 0.0516. The van der Waals surface area contributed by atoms with Gasteiger partial charge in [0.15, 0.2) is 0 Å². The standard InChI is InChI=1S/C15H20O2Si/c1-6-14(16)17-18-13-9-7-8-12(10(2)3)15(13)11(4)5/h6-11H,1H2,2-5H3. The van der Waals surface area contributed by atoms with Crippen molar-refractivity contribution in [2.24, 2.45) is 0 Å². The molecule has 2 nitrogen and oxygen atoms in total. The summed E-state index contributed by atoms with van der Waals surface area (Å²) in [5, 5.41) is 1.12. The lowest BCUT2D eigenvalue weighted by Crippen LogP contribution is -2.26. The second-order valence-electron chi connectivity index (χ2n) is 4.85. The Morgan fingerprint density at radius 2 is 1.94 bits per heavy atom. The minimum Gasteiger partial charge on any atom is -0.508 e. The normalized spacial score (nSPS) is 10.8. The number of benzene rings is 1. The third kappa shape index (κ3) is 3.57. The highest BCUT2D eigenvalue weighted by Gasteiger charge is 2.16. The molecule has 0 N–H and O–H groups in total. The van der Waals surface area contributed by atoms with Crippen LogP contribution in [0.25, 0.3) is 0 Å². The van der Waals surface area contributed by atoms with E-state index in [1.807, 2.05) is 12.1 Å². The summed E-state index contributed by atoms with van der Waals surface area (Å²) in [6, 6.07) is 6.23. The number of carbonyl (C=O) groups is 1. The molecule has 0 saturated heterocycles. The van der Waals surface area contributed by atoms with Crippen LogP contribution in [0.15, 0.2) is 30.9 Å². The van der Waals surface area contributed by atoms with Crippen molar-refractivity contribution in [1.82, 2.24) is 0 Å². The van der Waals surface area contributed by atoms with E-state index in [2.05, 4.69) is 40.3 Å². The SMILES string of the molecule is C=CC(=O)O[Si]c1cccc(C(C)C)c1C(C)C. The molecular formula is C15H20O2Si. The lowest BCUT2D eigenvalue weighted by atomic mass is 9.91. The summed E-state index contributed by atoms with van der Waals surface area (Å²) in [6.07, 6.45) is 1.20. The highest BCUT2D eigenvalue weighted by molar-refractivity contribution is 6.50. The van der Waals surface area contributed by atoms with E-state index in [0.717, 1.165) is 5.19 Å². The Morgan fingerprint density at radius 1 is 1.28 bits per heavy atom. The average molecular weight is 260 g/mol. The van der Waals surface area contributed by atoms with E-state index in [1.54, 1.807) is 0 Å². The second kappa shape index (κ2) is 6.54. The predicted molar refractivity (Wildman–Crippen MR) is 76.3 cm³/mol. The molecule has 18 heavy (non-hydrogen) atoms. The van der Waals surface area contributed by atoms with E-state index in [9.17, 15) is 4.79 Å². The van der Waals surface area contributed by atoms with E-state index in [4.69, 9.17) is 4.43 Å². The van der Waals surface area contributed by atoms with Gasteiger partial charge in [-0.25, -0.2) is 4.79 Å². The van der Waals surface area contributed by atoms with Gasteiger partial charge in [-0.2, -0.15) is 0 Å². The highest BCUT2D eigenvalue weighted by Crippen LogP contribution is 2.24. The van der Waals surface area contributed by atoms with Crippen LogP contribution in [0.5, 0.6) is 0 Å². The molecule has 1 rings (SSSR count). The molecule has 0 bridgehead atoms. The molecule has 96 valence electrons. The van der Waals surface area contributed by atoms with Gasteiger partial charge in [-0.05, 0) is 28.1 Å². The molecule has 2 radical (unpaired) electrons. The number of hydrogen-bond acceptors (Lipinski definition) is 2. The number of rotatable bonds is 5. The maximum Gasteiger partial charge on any atom is 0.356 e. The van der Waals surface area contributed by atoms with Crippen LogP contribution in [0.1, 0.15) is 50.7 Å². The van der Waals surface area contributed by atoms with E-state index >= 15 is 0 Å². The predicted octanol–water partition coefficient (Wildman–Crippen LogP) is 2.91. The first-order valence-electron chi connectivity index (χ1n) is 6.19. The molecule has 0 saturated carbocycles. The van der Waals surface area contributed by atoms with Crippen molar-refractivity contribution >= 4 is 20.9 Å². The van der Waals surface area contributed by atoms with E-state index in [1.165, 1.54) is 17.2 Å². The van der Waals surface area contributed by atoms with Crippen LogP contribution in [-0.4, -0.2) is 15.7 Å². The first-order valence-corrected chi connectivity index (χ1v) is 7.10. The molecule has 0 fully saturated rings. The molecule has 0 aromatic heterocycles. The van der Waals surface area contributed by atoms with Crippen LogP contribution in [0, 0.1) is 0 Å². The van der Waals surface area contributed by atoms with Crippen LogP contribution in [0.4, 0.5) is 0 Å². The van der Waals surface area contributed by atoms with Crippen molar-refractivity contribution in [3.8, 4) is 0 Å². The highest BCUT2D eigenvalue weighted by atomic mass is 28.2. The topological polar surface area (TPSA) is 26.3 Å². The summed E-state index contributed by atoms with van der Waals surface area (Å²) in [4.78, 5) is 11.2. The van der Waals surface area contributed by atoms with Gasteiger partial charge in [0.1, 0.15) is 0 Å². The van der Waals surface area contributed by atoms with Crippen molar-refractivity contribution in [2.75, 3.05) is 0 Å². The van der Waals surface area contributed by atoms with Crippen LogP contribution in [0.3, 0.4) is 0 Å². The molecule has 1 aromatic rings. The monoisotopic (exact) mass is 260 g/mol. The van der Waals surface area contributed by atoms with Crippen LogP contribution in [0.2, 0.25) is 0 Å². The van der Waals surface area contributed by atoms with E-state index in [0.29, 0.717) is 11.8 Å². The summed E-state index contributed by atoms with van der Waals surface area (Å²) in [7, 11) is 0.0516. The molecule has 0 heterocycles. The Bertz CT molecular complexity index is 436. The van der Waals surface area contributed by atoms with Crippen LogP contribution in [-0.2, 0) is 9.22 Å². The van der Waals surface area contributed by atoms with Crippen molar-refractivity contribution in [3.63, 3.8) is 0 Å². The summed E-state index contributed by atoms with van der Waals surface area (Å²) in [6.45, 7) is 12.1. The van der Waals surface area contributed by atoms with Gasteiger partial charge < -0.3 is 4.43 Å². The van der Waals surface area contributed by atoms with Crippen LogP contribution >= 0.6 is 0 Å². The molecule has 3 heteroatoms. The number of carbonyl (C=O) groups excluding carboxylic acids is 1. The molecule has 0 amide bonds. The Balaban J connectivity index is 3.06. The minimum atomic E-state index is -0.363. The van der Waals surface area contributed by atoms with Crippen LogP contribution < -0.4 is 5.19 Å². The maximum atomic E-state index is 11.2. The van der Waals surface area contributed by atoms with E-state index < -0.39 is 0 Å². The molecular weight excluding hydrogens is 240 g/mol. The first-order chi connectivity index (χ1) is 8.47. The molecule has 1 aromatic carbocycles. The Hall–Kier alpha value is -1.35. The van der Waals surface area contributed by atoms with Gasteiger partial charge in [0.05, 0.1) is 0 Å². The van der Waals surface area contributed by atoms with Gasteiger partial charge in [-0.15, -0.1) is 0 Å². The van der Waals surface area contributed by atoms with Gasteiger partial charge in [0, 0.05) is 6.08 Å².